The maximum absolute atomic E-state index is 12.0. The van der Waals surface area contributed by atoms with Crippen molar-refractivity contribution in [1.82, 2.24) is 0 Å². The number of allylic oxidation sites excluding steroid dienone is 1. The van der Waals surface area contributed by atoms with Crippen LogP contribution >= 0.6 is 0 Å². The van der Waals surface area contributed by atoms with Gasteiger partial charge in [-0.3, -0.25) is 4.79 Å². The van der Waals surface area contributed by atoms with Gasteiger partial charge in [-0.25, -0.2) is 4.79 Å². The Kier molecular flexibility index (Phi) is 7.75. The van der Waals surface area contributed by atoms with Crippen molar-refractivity contribution in [2.75, 3.05) is 20.3 Å². The second-order valence-electron chi connectivity index (χ2n) is 4.58. The molecule has 0 bridgehead atoms. The van der Waals surface area contributed by atoms with Crippen molar-refractivity contribution in [2.45, 2.75) is 26.7 Å². The summed E-state index contributed by atoms with van der Waals surface area (Å²) in [7, 11) is 1.26. The first-order valence-electron chi connectivity index (χ1n) is 7.32. The van der Waals surface area contributed by atoms with Gasteiger partial charge in [0.15, 0.2) is 17.3 Å². The van der Waals surface area contributed by atoms with E-state index in [1.165, 1.54) is 13.2 Å². The quantitative estimate of drug-likeness (QED) is 0.398. The molecule has 0 spiro atoms. The van der Waals surface area contributed by atoms with Gasteiger partial charge in [0.05, 0.1) is 20.3 Å². The second-order valence-corrected chi connectivity index (χ2v) is 4.58. The van der Waals surface area contributed by atoms with Crippen molar-refractivity contribution < 1.29 is 23.8 Å². The number of ketones is 1. The lowest BCUT2D eigenvalue weighted by atomic mass is 10.1. The number of rotatable bonds is 9. The number of hydrogen-bond donors (Lipinski definition) is 0. The van der Waals surface area contributed by atoms with E-state index in [4.69, 9.17) is 9.47 Å². The molecule has 0 unspecified atom stereocenters. The van der Waals surface area contributed by atoms with Gasteiger partial charge in [0.25, 0.3) is 0 Å². The summed E-state index contributed by atoms with van der Waals surface area (Å²) in [5, 5.41) is 0. The first-order valence-corrected chi connectivity index (χ1v) is 7.32. The van der Waals surface area contributed by atoms with Gasteiger partial charge in [-0.2, -0.15) is 0 Å². The molecule has 0 amide bonds. The van der Waals surface area contributed by atoms with Gasteiger partial charge in [0.1, 0.15) is 0 Å². The van der Waals surface area contributed by atoms with E-state index in [1.807, 2.05) is 13.8 Å². The van der Waals surface area contributed by atoms with Crippen molar-refractivity contribution >= 4 is 11.8 Å². The predicted octanol–water partition coefficient (Wildman–Crippen LogP) is 3.18. The minimum Gasteiger partial charge on any atom is -0.490 e. The zero-order chi connectivity index (χ0) is 16.4. The molecule has 22 heavy (non-hydrogen) atoms. The van der Waals surface area contributed by atoms with Gasteiger partial charge in [0, 0.05) is 11.6 Å². The van der Waals surface area contributed by atoms with E-state index in [1.54, 1.807) is 18.2 Å². The molecule has 0 aliphatic rings. The molecule has 1 aromatic rings. The number of benzene rings is 1. The predicted molar refractivity (Wildman–Crippen MR) is 83.5 cm³/mol. The topological polar surface area (TPSA) is 61.8 Å². The molecule has 0 aromatic heterocycles. The van der Waals surface area contributed by atoms with Gasteiger partial charge < -0.3 is 14.2 Å². The van der Waals surface area contributed by atoms with Crippen molar-refractivity contribution in [3.8, 4) is 11.5 Å². The zero-order valence-electron chi connectivity index (χ0n) is 13.3. The summed E-state index contributed by atoms with van der Waals surface area (Å²) in [6.45, 7) is 5.14. The minimum absolute atomic E-state index is 0.297. The van der Waals surface area contributed by atoms with Gasteiger partial charge in [0.2, 0.25) is 0 Å². The third-order valence-corrected chi connectivity index (χ3v) is 2.72. The van der Waals surface area contributed by atoms with Crippen LogP contribution in [0.15, 0.2) is 30.4 Å². The SMILES string of the molecule is CCCOc1ccc(C(=O)/C=C/C(=O)OC)cc1OCCC. The van der Waals surface area contributed by atoms with Crippen LogP contribution in [0.3, 0.4) is 0 Å². The van der Waals surface area contributed by atoms with Crippen molar-refractivity contribution in [2.24, 2.45) is 0 Å². The molecule has 0 saturated carbocycles. The molecule has 0 saturated heterocycles. The van der Waals surface area contributed by atoms with Gasteiger partial charge in [-0.05, 0) is 37.1 Å². The fourth-order valence-corrected chi connectivity index (χ4v) is 1.63. The molecule has 5 nitrogen and oxygen atoms in total. The summed E-state index contributed by atoms with van der Waals surface area (Å²) in [6.07, 6.45) is 4.01. The molecule has 0 aliphatic carbocycles. The van der Waals surface area contributed by atoms with Gasteiger partial charge >= 0.3 is 5.97 Å². The third kappa shape index (κ3) is 5.60. The number of carbonyl (C=O) groups excluding carboxylic acids is 2. The smallest absolute Gasteiger partial charge is 0.330 e. The first-order chi connectivity index (χ1) is 10.6. The van der Waals surface area contributed by atoms with E-state index in [0.717, 1.165) is 18.9 Å². The number of ether oxygens (including phenoxy) is 3. The summed E-state index contributed by atoms with van der Waals surface area (Å²) in [5.74, 6) is 0.281. The van der Waals surface area contributed by atoms with E-state index >= 15 is 0 Å². The van der Waals surface area contributed by atoms with Crippen molar-refractivity contribution in [1.29, 1.82) is 0 Å². The molecule has 0 radical (unpaired) electrons. The Labute approximate surface area is 130 Å². The van der Waals surface area contributed by atoms with Gasteiger partial charge in [-0.1, -0.05) is 13.8 Å². The molecule has 1 aromatic carbocycles. The summed E-state index contributed by atoms with van der Waals surface area (Å²) >= 11 is 0. The Morgan fingerprint density at radius 3 is 2.23 bits per heavy atom. The first kappa shape index (κ1) is 17.8. The summed E-state index contributed by atoms with van der Waals surface area (Å²) < 4.78 is 15.7. The second kappa shape index (κ2) is 9.60. The monoisotopic (exact) mass is 306 g/mol. The number of carbonyl (C=O) groups is 2. The summed E-state index contributed by atoms with van der Waals surface area (Å²) in [4.78, 5) is 23.0. The van der Waals surface area contributed by atoms with Crippen LogP contribution in [-0.4, -0.2) is 32.1 Å². The number of esters is 1. The lowest BCUT2D eigenvalue weighted by Crippen LogP contribution is -2.04. The van der Waals surface area contributed by atoms with Crippen molar-refractivity contribution in [3.63, 3.8) is 0 Å². The highest BCUT2D eigenvalue weighted by atomic mass is 16.5. The van der Waals surface area contributed by atoms with E-state index in [2.05, 4.69) is 4.74 Å². The number of hydrogen-bond acceptors (Lipinski definition) is 5. The maximum atomic E-state index is 12.0. The molecule has 0 aliphatic heterocycles. The average Bonchev–Trinajstić information content (AvgIpc) is 2.55. The molecular formula is C17H22O5. The van der Waals surface area contributed by atoms with Crippen LogP contribution in [0.1, 0.15) is 37.0 Å². The highest BCUT2D eigenvalue weighted by Gasteiger charge is 2.10. The fraction of sp³-hybridized carbons (Fsp3) is 0.412. The zero-order valence-corrected chi connectivity index (χ0v) is 13.3. The average molecular weight is 306 g/mol. The largest absolute Gasteiger partial charge is 0.490 e. The highest BCUT2D eigenvalue weighted by molar-refractivity contribution is 6.07. The Morgan fingerprint density at radius 2 is 1.64 bits per heavy atom. The molecule has 0 fully saturated rings. The van der Waals surface area contributed by atoms with Crippen LogP contribution in [0.2, 0.25) is 0 Å². The minimum atomic E-state index is -0.571. The molecule has 0 N–H and O–H groups in total. The fourth-order valence-electron chi connectivity index (χ4n) is 1.63. The Morgan fingerprint density at radius 1 is 1.00 bits per heavy atom. The lowest BCUT2D eigenvalue weighted by Gasteiger charge is -2.12. The van der Waals surface area contributed by atoms with Crippen LogP contribution in [0.25, 0.3) is 0 Å². The van der Waals surface area contributed by atoms with Crippen LogP contribution in [0.4, 0.5) is 0 Å². The van der Waals surface area contributed by atoms with Crippen LogP contribution < -0.4 is 9.47 Å². The van der Waals surface area contributed by atoms with Crippen LogP contribution in [-0.2, 0) is 9.53 Å². The molecule has 1 rings (SSSR count). The van der Waals surface area contributed by atoms with E-state index in [9.17, 15) is 9.59 Å². The molecule has 0 atom stereocenters. The third-order valence-electron chi connectivity index (χ3n) is 2.72. The van der Waals surface area contributed by atoms with E-state index in [0.29, 0.717) is 30.3 Å². The van der Waals surface area contributed by atoms with E-state index < -0.39 is 5.97 Å². The highest BCUT2D eigenvalue weighted by Crippen LogP contribution is 2.29. The lowest BCUT2D eigenvalue weighted by molar-refractivity contribution is -0.134. The molecule has 5 heteroatoms. The summed E-state index contributed by atoms with van der Waals surface area (Å²) in [6, 6.07) is 4.98. The Hall–Kier alpha value is -2.30. The molecule has 0 heterocycles. The van der Waals surface area contributed by atoms with Gasteiger partial charge in [-0.15, -0.1) is 0 Å². The van der Waals surface area contributed by atoms with E-state index in [-0.39, 0.29) is 5.78 Å². The normalized spacial score (nSPS) is 10.5. The maximum Gasteiger partial charge on any atom is 0.330 e. The Bertz CT molecular complexity index is 534. The van der Waals surface area contributed by atoms with Crippen LogP contribution in [0.5, 0.6) is 11.5 Å². The number of methoxy groups -OCH3 is 1. The molecular weight excluding hydrogens is 284 g/mol. The Balaban J connectivity index is 2.94. The van der Waals surface area contributed by atoms with Crippen molar-refractivity contribution in [3.05, 3.63) is 35.9 Å². The molecule has 120 valence electrons. The standard InChI is InChI=1S/C17H22O5/c1-4-10-21-15-8-6-13(12-16(15)22-11-5-2)14(18)7-9-17(19)20-3/h6-9,12H,4-5,10-11H2,1-3H3/b9-7+. The summed E-state index contributed by atoms with van der Waals surface area (Å²) in [5.41, 5.74) is 0.426. The van der Waals surface area contributed by atoms with Crippen LogP contribution in [0, 0.1) is 0 Å².